The molecule has 0 bridgehead atoms. The summed E-state index contributed by atoms with van der Waals surface area (Å²) >= 11 is 0. The molecule has 0 aromatic heterocycles. The van der Waals surface area contributed by atoms with Gasteiger partial charge in [-0.1, -0.05) is 17.7 Å². The van der Waals surface area contributed by atoms with Gasteiger partial charge in [-0.15, -0.1) is 6.58 Å². The van der Waals surface area contributed by atoms with Crippen molar-refractivity contribution in [3.05, 3.63) is 42.0 Å². The number of hydrogen-bond donors (Lipinski definition) is 2. The summed E-state index contributed by atoms with van der Waals surface area (Å²) in [5.41, 5.74) is 1.86. The number of carboxylic acid groups (broad SMARTS) is 1. The van der Waals surface area contributed by atoms with E-state index in [0.717, 1.165) is 5.56 Å². The van der Waals surface area contributed by atoms with Crippen LogP contribution < -0.4 is 5.32 Å². The molecule has 1 aromatic rings. The first-order chi connectivity index (χ1) is 7.04. The molecule has 0 saturated carbocycles. The number of carboxylic acids is 1. The highest BCUT2D eigenvalue weighted by Crippen LogP contribution is 2.18. The first kappa shape index (κ1) is 11.3. The number of carbonyl (C=O) groups is 1. The third-order valence-electron chi connectivity index (χ3n) is 2.14. The topological polar surface area (TPSA) is 49.3 Å². The molecule has 80 valence electrons. The highest BCUT2D eigenvalue weighted by atomic mass is 16.4. The van der Waals surface area contributed by atoms with Crippen molar-refractivity contribution in [3.8, 4) is 0 Å². The fourth-order valence-electron chi connectivity index (χ4n) is 1.27. The summed E-state index contributed by atoms with van der Waals surface area (Å²) in [4.78, 5) is 11.0. The number of aryl methyl sites for hydroxylation is 1. The third-order valence-corrected chi connectivity index (χ3v) is 2.14. The quantitative estimate of drug-likeness (QED) is 0.743. The minimum Gasteiger partial charge on any atom is -0.478 e. The molecule has 0 amide bonds. The van der Waals surface area contributed by atoms with Crippen molar-refractivity contribution in [2.45, 2.75) is 19.9 Å². The Balaban J connectivity index is 3.05. The molecule has 1 unspecified atom stereocenters. The van der Waals surface area contributed by atoms with E-state index in [1.165, 1.54) is 0 Å². The van der Waals surface area contributed by atoms with Crippen LogP contribution in [0.4, 0.5) is 5.69 Å². The van der Waals surface area contributed by atoms with Gasteiger partial charge in [-0.2, -0.15) is 0 Å². The Bertz CT molecular complexity index is 385. The van der Waals surface area contributed by atoms with Gasteiger partial charge in [0.2, 0.25) is 0 Å². The molecular weight excluding hydrogens is 190 g/mol. The molecule has 1 atom stereocenters. The molecule has 3 nitrogen and oxygen atoms in total. The number of nitrogens with one attached hydrogen (secondary N) is 1. The second-order valence-electron chi connectivity index (χ2n) is 3.52. The van der Waals surface area contributed by atoms with Crippen molar-refractivity contribution >= 4 is 11.7 Å². The molecule has 3 heteroatoms. The van der Waals surface area contributed by atoms with Crippen LogP contribution in [0.25, 0.3) is 0 Å². The maximum Gasteiger partial charge on any atom is 0.337 e. The fourth-order valence-corrected chi connectivity index (χ4v) is 1.27. The minimum atomic E-state index is -0.919. The molecule has 0 fully saturated rings. The number of benzene rings is 1. The maximum absolute atomic E-state index is 11.0. The van der Waals surface area contributed by atoms with E-state index in [0.29, 0.717) is 11.3 Å². The lowest BCUT2D eigenvalue weighted by Gasteiger charge is -2.13. The van der Waals surface area contributed by atoms with E-state index in [9.17, 15) is 4.79 Å². The molecule has 0 aliphatic rings. The van der Waals surface area contributed by atoms with E-state index in [1.54, 1.807) is 18.2 Å². The second-order valence-corrected chi connectivity index (χ2v) is 3.52. The van der Waals surface area contributed by atoms with Crippen LogP contribution in [0.1, 0.15) is 22.8 Å². The van der Waals surface area contributed by atoms with Gasteiger partial charge in [0, 0.05) is 11.7 Å². The first-order valence-corrected chi connectivity index (χ1v) is 4.77. The van der Waals surface area contributed by atoms with Gasteiger partial charge in [0.25, 0.3) is 0 Å². The van der Waals surface area contributed by atoms with E-state index >= 15 is 0 Å². The summed E-state index contributed by atoms with van der Waals surface area (Å²) in [6.45, 7) is 7.42. The van der Waals surface area contributed by atoms with Gasteiger partial charge in [0.15, 0.2) is 0 Å². The van der Waals surface area contributed by atoms with E-state index < -0.39 is 5.97 Å². The summed E-state index contributed by atoms with van der Waals surface area (Å²) in [7, 11) is 0. The molecule has 0 radical (unpaired) electrons. The van der Waals surface area contributed by atoms with E-state index in [4.69, 9.17) is 5.11 Å². The van der Waals surface area contributed by atoms with Gasteiger partial charge in [-0.3, -0.25) is 0 Å². The van der Waals surface area contributed by atoms with Gasteiger partial charge in [0.1, 0.15) is 0 Å². The van der Waals surface area contributed by atoms with Crippen LogP contribution in [0.5, 0.6) is 0 Å². The summed E-state index contributed by atoms with van der Waals surface area (Å²) in [5, 5.41) is 12.1. The standard InChI is InChI=1S/C12H15NO2/c1-4-9(3)13-11-6-5-8(2)7-10(11)12(14)15/h4-7,9,13H,1H2,2-3H3,(H,14,15). The van der Waals surface area contributed by atoms with Crippen molar-refractivity contribution in [2.75, 3.05) is 5.32 Å². The average molecular weight is 205 g/mol. The third kappa shape index (κ3) is 2.84. The van der Waals surface area contributed by atoms with E-state index in [2.05, 4.69) is 11.9 Å². The van der Waals surface area contributed by atoms with Crippen LogP contribution in [0, 0.1) is 6.92 Å². The lowest BCUT2D eigenvalue weighted by atomic mass is 10.1. The van der Waals surface area contributed by atoms with Crippen molar-refractivity contribution < 1.29 is 9.90 Å². The average Bonchev–Trinajstić information content (AvgIpc) is 2.20. The summed E-state index contributed by atoms with van der Waals surface area (Å²) in [6, 6.07) is 5.36. The normalized spacial score (nSPS) is 11.9. The van der Waals surface area contributed by atoms with Crippen molar-refractivity contribution in [1.29, 1.82) is 0 Å². The number of hydrogen-bond acceptors (Lipinski definition) is 2. The minimum absolute atomic E-state index is 0.0470. The fraction of sp³-hybridized carbons (Fsp3) is 0.250. The largest absolute Gasteiger partial charge is 0.478 e. The Kier molecular flexibility index (Phi) is 3.50. The molecule has 0 aliphatic heterocycles. The molecular formula is C12H15NO2. The Morgan fingerprint density at radius 1 is 1.60 bits per heavy atom. The van der Waals surface area contributed by atoms with Crippen LogP contribution in [0.2, 0.25) is 0 Å². The zero-order valence-electron chi connectivity index (χ0n) is 8.95. The van der Waals surface area contributed by atoms with Crippen LogP contribution in [-0.2, 0) is 0 Å². The molecule has 0 saturated heterocycles. The molecule has 1 rings (SSSR count). The Labute approximate surface area is 89.4 Å². The lowest BCUT2D eigenvalue weighted by Crippen LogP contribution is -2.14. The second kappa shape index (κ2) is 4.64. The molecule has 1 aromatic carbocycles. The van der Waals surface area contributed by atoms with Gasteiger partial charge in [-0.05, 0) is 26.0 Å². The molecule has 0 aliphatic carbocycles. The Morgan fingerprint density at radius 3 is 2.80 bits per heavy atom. The zero-order valence-corrected chi connectivity index (χ0v) is 8.95. The predicted molar refractivity (Wildman–Crippen MR) is 61.4 cm³/mol. The SMILES string of the molecule is C=CC(C)Nc1ccc(C)cc1C(=O)O. The number of anilines is 1. The molecule has 2 N–H and O–H groups in total. The predicted octanol–water partition coefficient (Wildman–Crippen LogP) is 2.68. The first-order valence-electron chi connectivity index (χ1n) is 4.77. The number of aromatic carboxylic acids is 1. The van der Waals surface area contributed by atoms with E-state index in [-0.39, 0.29) is 6.04 Å². The molecule has 15 heavy (non-hydrogen) atoms. The lowest BCUT2D eigenvalue weighted by molar-refractivity contribution is 0.0698. The van der Waals surface area contributed by atoms with Gasteiger partial charge < -0.3 is 10.4 Å². The van der Waals surface area contributed by atoms with Gasteiger partial charge >= 0.3 is 5.97 Å². The van der Waals surface area contributed by atoms with Crippen molar-refractivity contribution in [2.24, 2.45) is 0 Å². The smallest absolute Gasteiger partial charge is 0.337 e. The molecule has 0 spiro atoms. The molecule has 0 heterocycles. The highest BCUT2D eigenvalue weighted by Gasteiger charge is 2.10. The van der Waals surface area contributed by atoms with Crippen LogP contribution in [-0.4, -0.2) is 17.1 Å². The Morgan fingerprint density at radius 2 is 2.27 bits per heavy atom. The zero-order chi connectivity index (χ0) is 11.4. The summed E-state index contributed by atoms with van der Waals surface area (Å²) < 4.78 is 0. The van der Waals surface area contributed by atoms with Crippen LogP contribution >= 0.6 is 0 Å². The summed E-state index contributed by atoms with van der Waals surface area (Å²) in [6.07, 6.45) is 1.73. The summed E-state index contributed by atoms with van der Waals surface area (Å²) in [5.74, 6) is -0.919. The Hall–Kier alpha value is -1.77. The highest BCUT2D eigenvalue weighted by molar-refractivity contribution is 5.94. The number of rotatable bonds is 4. The van der Waals surface area contributed by atoms with Crippen LogP contribution in [0.3, 0.4) is 0 Å². The van der Waals surface area contributed by atoms with Crippen molar-refractivity contribution in [1.82, 2.24) is 0 Å². The van der Waals surface area contributed by atoms with E-state index in [1.807, 2.05) is 19.9 Å². The monoisotopic (exact) mass is 205 g/mol. The van der Waals surface area contributed by atoms with Gasteiger partial charge in [0.05, 0.1) is 5.56 Å². The van der Waals surface area contributed by atoms with Gasteiger partial charge in [-0.25, -0.2) is 4.79 Å². The van der Waals surface area contributed by atoms with Crippen molar-refractivity contribution in [3.63, 3.8) is 0 Å². The maximum atomic E-state index is 11.0. The van der Waals surface area contributed by atoms with Crippen LogP contribution in [0.15, 0.2) is 30.9 Å².